The fraction of sp³-hybridized carbons (Fsp3) is 0.407. The van der Waals surface area contributed by atoms with Crippen molar-refractivity contribution in [2.75, 3.05) is 55.7 Å². The molecule has 2 aliphatic rings. The lowest BCUT2D eigenvalue weighted by molar-refractivity contribution is -0.134. The van der Waals surface area contributed by atoms with Crippen LogP contribution in [0.15, 0.2) is 42.5 Å². The number of nitrogens with one attached hydrogen (secondary N) is 1. The maximum atomic E-state index is 15.1. The van der Waals surface area contributed by atoms with Crippen molar-refractivity contribution < 1.29 is 62.3 Å². The Kier molecular flexibility index (Phi) is 11.0. The summed E-state index contributed by atoms with van der Waals surface area (Å²) in [4.78, 5) is 90.3. The molecule has 2 aromatic carbocycles. The molecule has 2 fully saturated rings. The zero-order valence-electron chi connectivity index (χ0n) is 24.5. The van der Waals surface area contributed by atoms with Gasteiger partial charge in [0.1, 0.15) is 11.9 Å². The SMILES string of the molecule is CC(=O)NC[C@H]1CN(c2ccc(N3CCN(C(=O)COC(=O)c4ccc(CC(O)(P(O)O)P(=O)(O)O)cc4)CC3)c(F)c2)C(=O)O1. The summed E-state index contributed by atoms with van der Waals surface area (Å²) in [6, 6.07) is 9.27. The molecule has 3 amide bonds. The first-order valence-corrected chi connectivity index (χ1v) is 16.7. The van der Waals surface area contributed by atoms with Crippen molar-refractivity contribution in [3.05, 3.63) is 59.4 Å². The number of anilines is 2. The number of nitrogens with zero attached hydrogens (tertiary/aromatic N) is 3. The standard InChI is InChI=1S/C27H33FN4O12P2/c1-17(33)29-14-21-15-32(26(36)44-21)20-6-7-23(22(28)12-20)30-8-10-31(11-9-30)24(34)16-43-25(35)19-4-2-18(3-5-19)13-27(37,45(38)39)46(40,41)42/h2-7,12,21,37-39H,8-11,13-16H2,1H3,(H,29,33)(H2,40,41,42)/t21-,27?/m0/s1. The number of esters is 1. The maximum Gasteiger partial charge on any atom is 0.414 e. The van der Waals surface area contributed by atoms with E-state index in [2.05, 4.69) is 5.32 Å². The van der Waals surface area contributed by atoms with E-state index < -0.39 is 64.0 Å². The minimum absolute atomic E-state index is 0.000660. The van der Waals surface area contributed by atoms with Crippen LogP contribution in [0.3, 0.4) is 0 Å². The molecule has 46 heavy (non-hydrogen) atoms. The zero-order chi connectivity index (χ0) is 33.8. The minimum Gasteiger partial charge on any atom is -0.452 e. The molecule has 2 aromatic rings. The van der Waals surface area contributed by atoms with Gasteiger partial charge >= 0.3 is 19.7 Å². The number of aliphatic hydroxyl groups is 1. The lowest BCUT2D eigenvalue weighted by Crippen LogP contribution is -2.50. The highest BCUT2D eigenvalue weighted by Crippen LogP contribution is 2.64. The van der Waals surface area contributed by atoms with Crippen LogP contribution in [0, 0.1) is 5.82 Å². The Morgan fingerprint density at radius 1 is 1.11 bits per heavy atom. The minimum atomic E-state index is -5.31. The summed E-state index contributed by atoms with van der Waals surface area (Å²) in [5.74, 6) is -2.18. The molecular formula is C27H33FN4O12P2. The lowest BCUT2D eigenvalue weighted by Gasteiger charge is -2.36. The summed E-state index contributed by atoms with van der Waals surface area (Å²) in [6.45, 7) is 2.07. The predicted molar refractivity (Wildman–Crippen MR) is 160 cm³/mol. The average molecular weight is 687 g/mol. The largest absolute Gasteiger partial charge is 0.452 e. The highest BCUT2D eigenvalue weighted by molar-refractivity contribution is 7.69. The average Bonchev–Trinajstić information content (AvgIpc) is 3.38. The van der Waals surface area contributed by atoms with Gasteiger partial charge in [0.15, 0.2) is 6.61 Å². The van der Waals surface area contributed by atoms with Crippen molar-refractivity contribution in [1.29, 1.82) is 0 Å². The summed E-state index contributed by atoms with van der Waals surface area (Å²) >= 11 is 0. The van der Waals surface area contributed by atoms with E-state index in [0.29, 0.717) is 5.69 Å². The Morgan fingerprint density at radius 3 is 2.33 bits per heavy atom. The molecule has 1 unspecified atom stereocenters. The number of ether oxygens (including phenoxy) is 2. The van der Waals surface area contributed by atoms with E-state index in [1.165, 1.54) is 53.1 Å². The third kappa shape index (κ3) is 8.17. The normalized spacial score (nSPS) is 18.3. The highest BCUT2D eigenvalue weighted by atomic mass is 31.2. The van der Waals surface area contributed by atoms with Crippen molar-refractivity contribution >= 4 is 51.2 Å². The Hall–Kier alpha value is -3.69. The van der Waals surface area contributed by atoms with Gasteiger partial charge in [0, 0.05) is 39.5 Å². The highest BCUT2D eigenvalue weighted by Gasteiger charge is 2.52. The van der Waals surface area contributed by atoms with E-state index >= 15 is 4.39 Å². The van der Waals surface area contributed by atoms with Gasteiger partial charge in [-0.3, -0.25) is 19.1 Å². The number of benzene rings is 2. The summed E-state index contributed by atoms with van der Waals surface area (Å²) in [7, 11) is -8.73. The Bertz CT molecular complexity index is 1520. The van der Waals surface area contributed by atoms with Crippen LogP contribution >= 0.6 is 16.0 Å². The molecule has 0 aromatic heterocycles. The van der Waals surface area contributed by atoms with Crippen LogP contribution in [0.5, 0.6) is 0 Å². The second-order valence-corrected chi connectivity index (χ2v) is 14.1. The molecule has 2 aliphatic heterocycles. The third-order valence-electron chi connectivity index (χ3n) is 7.41. The summed E-state index contributed by atoms with van der Waals surface area (Å²) < 4.78 is 37.0. The molecule has 16 nitrogen and oxygen atoms in total. The monoisotopic (exact) mass is 686 g/mol. The molecule has 0 saturated carbocycles. The van der Waals surface area contributed by atoms with Gasteiger partial charge in [0.2, 0.25) is 19.4 Å². The summed E-state index contributed by atoms with van der Waals surface area (Å²) in [6.07, 6.45) is -2.01. The van der Waals surface area contributed by atoms with Gasteiger partial charge in [0.25, 0.3) is 5.91 Å². The number of piperazine rings is 1. The maximum absolute atomic E-state index is 15.1. The summed E-state index contributed by atoms with van der Waals surface area (Å²) in [5.41, 5.74) is 0.681. The van der Waals surface area contributed by atoms with Crippen molar-refractivity contribution in [3.63, 3.8) is 0 Å². The van der Waals surface area contributed by atoms with E-state index in [-0.39, 0.29) is 62.0 Å². The van der Waals surface area contributed by atoms with E-state index in [1.54, 1.807) is 11.0 Å². The second kappa shape index (κ2) is 14.4. The first-order chi connectivity index (χ1) is 21.6. The van der Waals surface area contributed by atoms with Crippen LogP contribution in [-0.2, 0) is 30.0 Å². The molecule has 2 atom stereocenters. The van der Waals surface area contributed by atoms with Crippen molar-refractivity contribution in [2.24, 2.45) is 0 Å². The number of hydrogen-bond donors (Lipinski definition) is 6. The number of amides is 3. The Morgan fingerprint density at radius 2 is 1.76 bits per heavy atom. The van der Waals surface area contributed by atoms with Crippen LogP contribution in [0.2, 0.25) is 0 Å². The number of rotatable bonds is 11. The van der Waals surface area contributed by atoms with Crippen LogP contribution in [-0.4, -0.2) is 111 Å². The van der Waals surface area contributed by atoms with Crippen molar-refractivity contribution in [2.45, 2.75) is 24.5 Å². The van der Waals surface area contributed by atoms with Crippen LogP contribution in [0.25, 0.3) is 0 Å². The van der Waals surface area contributed by atoms with E-state index in [9.17, 15) is 48.4 Å². The first-order valence-electron chi connectivity index (χ1n) is 13.9. The van der Waals surface area contributed by atoms with Crippen LogP contribution < -0.4 is 15.1 Å². The van der Waals surface area contributed by atoms with Gasteiger partial charge in [-0.2, -0.15) is 0 Å². The molecule has 0 radical (unpaired) electrons. The number of halogens is 1. The number of cyclic esters (lactones) is 1. The van der Waals surface area contributed by atoms with E-state index in [0.717, 1.165) is 0 Å². The van der Waals surface area contributed by atoms with Gasteiger partial charge in [-0.15, -0.1) is 0 Å². The number of hydrogen-bond acceptors (Lipinski definition) is 11. The van der Waals surface area contributed by atoms with Gasteiger partial charge in [-0.05, 0) is 35.9 Å². The predicted octanol–water partition coefficient (Wildman–Crippen LogP) is 0.455. The summed E-state index contributed by atoms with van der Waals surface area (Å²) in [5, 5.41) is 9.59. The van der Waals surface area contributed by atoms with Crippen molar-refractivity contribution in [1.82, 2.24) is 10.2 Å². The molecule has 0 spiro atoms. The Balaban J connectivity index is 1.26. The number of carbonyl (C=O) groups excluding carboxylic acids is 4. The zero-order valence-corrected chi connectivity index (χ0v) is 26.3. The molecule has 250 valence electrons. The van der Waals surface area contributed by atoms with Crippen LogP contribution in [0.1, 0.15) is 22.8 Å². The van der Waals surface area contributed by atoms with Gasteiger partial charge < -0.3 is 49.3 Å². The molecule has 0 bridgehead atoms. The molecule has 2 heterocycles. The second-order valence-electron chi connectivity index (χ2n) is 10.6. The smallest absolute Gasteiger partial charge is 0.414 e. The topological polar surface area (TPSA) is 227 Å². The molecule has 19 heteroatoms. The molecule has 4 rings (SSSR count). The van der Waals surface area contributed by atoms with Gasteiger partial charge in [-0.25, -0.2) is 14.0 Å². The fourth-order valence-electron chi connectivity index (χ4n) is 4.84. The Labute approximate surface area is 263 Å². The molecule has 2 saturated heterocycles. The quantitative estimate of drug-likeness (QED) is 0.140. The molecule has 0 aliphatic carbocycles. The third-order valence-corrected chi connectivity index (χ3v) is 10.6. The first kappa shape index (κ1) is 35.2. The molecule has 6 N–H and O–H groups in total. The molecular weight excluding hydrogens is 653 g/mol. The fourth-order valence-corrected chi connectivity index (χ4v) is 6.48. The van der Waals surface area contributed by atoms with E-state index in [1.807, 2.05) is 0 Å². The number of carbonyl (C=O) groups is 4. The van der Waals surface area contributed by atoms with Gasteiger partial charge in [-0.1, -0.05) is 12.1 Å². The van der Waals surface area contributed by atoms with Gasteiger partial charge in [0.05, 0.1) is 30.0 Å². The lowest BCUT2D eigenvalue weighted by atomic mass is 10.1. The van der Waals surface area contributed by atoms with E-state index in [4.69, 9.17) is 9.47 Å². The van der Waals surface area contributed by atoms with Crippen LogP contribution in [0.4, 0.5) is 20.6 Å². The van der Waals surface area contributed by atoms with Crippen molar-refractivity contribution in [3.8, 4) is 0 Å².